The van der Waals surface area contributed by atoms with Crippen molar-refractivity contribution in [1.82, 2.24) is 5.32 Å². The number of hydrogen-bond acceptors (Lipinski definition) is 3. The molecule has 19 heavy (non-hydrogen) atoms. The van der Waals surface area contributed by atoms with E-state index in [4.69, 9.17) is 0 Å². The van der Waals surface area contributed by atoms with E-state index in [9.17, 15) is 9.18 Å². The van der Waals surface area contributed by atoms with Crippen LogP contribution in [0.4, 0.5) is 10.1 Å². The number of carbonyl (C=O) groups excluding carboxylic acids is 1. The van der Waals surface area contributed by atoms with Gasteiger partial charge < -0.3 is 10.6 Å². The van der Waals surface area contributed by atoms with Gasteiger partial charge in [-0.1, -0.05) is 6.07 Å². The number of thiophene rings is 1. The summed E-state index contributed by atoms with van der Waals surface area (Å²) in [4.78, 5) is 12.8. The number of amides is 1. The molecule has 2 rings (SSSR count). The van der Waals surface area contributed by atoms with E-state index in [1.807, 2.05) is 12.1 Å². The fraction of sp³-hybridized carbons (Fsp3) is 0.154. The van der Waals surface area contributed by atoms with Crippen molar-refractivity contribution in [3.8, 4) is 0 Å². The molecule has 0 aliphatic heterocycles. The molecule has 0 unspecified atom stereocenters. The number of anilines is 1. The summed E-state index contributed by atoms with van der Waals surface area (Å²) in [7, 11) is 0. The molecule has 0 saturated heterocycles. The highest BCUT2D eigenvalue weighted by Gasteiger charge is 2.03. The Morgan fingerprint density at radius 1 is 1.32 bits per heavy atom. The summed E-state index contributed by atoms with van der Waals surface area (Å²) >= 11 is 5.00. The van der Waals surface area contributed by atoms with Crippen LogP contribution >= 0.6 is 27.3 Å². The van der Waals surface area contributed by atoms with Gasteiger partial charge in [0.25, 0.3) is 0 Å². The molecule has 2 aromatic rings. The monoisotopic (exact) mass is 342 g/mol. The Morgan fingerprint density at radius 2 is 2.16 bits per heavy atom. The van der Waals surface area contributed by atoms with Gasteiger partial charge in [0.2, 0.25) is 5.91 Å². The summed E-state index contributed by atoms with van der Waals surface area (Å²) < 4.78 is 14.0. The summed E-state index contributed by atoms with van der Waals surface area (Å²) in [5.41, 5.74) is 0.464. The highest BCUT2D eigenvalue weighted by Crippen LogP contribution is 2.21. The van der Waals surface area contributed by atoms with E-state index in [0.717, 1.165) is 8.66 Å². The van der Waals surface area contributed by atoms with Gasteiger partial charge >= 0.3 is 0 Å². The first-order chi connectivity index (χ1) is 9.13. The van der Waals surface area contributed by atoms with Crippen LogP contribution in [0, 0.1) is 5.82 Å². The molecule has 1 aromatic carbocycles. The second-order valence-corrected chi connectivity index (χ2v) is 6.42. The molecule has 1 aromatic heterocycles. The van der Waals surface area contributed by atoms with Crippen molar-refractivity contribution in [2.24, 2.45) is 0 Å². The third kappa shape index (κ3) is 4.74. The van der Waals surface area contributed by atoms with Gasteiger partial charge in [0.1, 0.15) is 5.82 Å². The third-order valence-corrected chi connectivity index (χ3v) is 3.95. The predicted molar refractivity (Wildman–Crippen MR) is 78.8 cm³/mol. The molecule has 0 bridgehead atoms. The van der Waals surface area contributed by atoms with Crippen LogP contribution in [0.5, 0.6) is 0 Å². The normalized spacial score (nSPS) is 10.4. The Labute approximate surface area is 123 Å². The fourth-order valence-electron chi connectivity index (χ4n) is 1.52. The summed E-state index contributed by atoms with van der Waals surface area (Å²) in [5, 5.41) is 5.66. The summed E-state index contributed by atoms with van der Waals surface area (Å²) in [6.45, 7) is 0.818. The van der Waals surface area contributed by atoms with E-state index in [1.54, 1.807) is 23.5 Å². The van der Waals surface area contributed by atoms with Crippen LogP contribution in [0.1, 0.15) is 4.88 Å². The average molecular weight is 343 g/mol. The van der Waals surface area contributed by atoms with Crippen LogP contribution in [0.2, 0.25) is 0 Å². The first-order valence-corrected chi connectivity index (χ1v) is 7.25. The van der Waals surface area contributed by atoms with Gasteiger partial charge in [0.05, 0.1) is 10.3 Å². The Kier molecular flexibility index (Phi) is 5.07. The summed E-state index contributed by atoms with van der Waals surface area (Å²) in [6.07, 6.45) is 0. The Bertz CT molecular complexity index is 573. The van der Waals surface area contributed by atoms with E-state index in [1.165, 1.54) is 12.1 Å². The second-order valence-electron chi connectivity index (χ2n) is 3.87. The maximum Gasteiger partial charge on any atom is 0.238 e. The van der Waals surface area contributed by atoms with Crippen LogP contribution in [0.3, 0.4) is 0 Å². The molecule has 3 nitrogen and oxygen atoms in total. The first kappa shape index (κ1) is 14.2. The molecule has 0 atom stereocenters. The SMILES string of the molecule is O=C(CNCc1ccc(Br)s1)Nc1cccc(F)c1. The van der Waals surface area contributed by atoms with Gasteiger partial charge in [0, 0.05) is 17.1 Å². The van der Waals surface area contributed by atoms with Crippen LogP contribution in [0.15, 0.2) is 40.2 Å². The molecule has 0 saturated carbocycles. The maximum absolute atomic E-state index is 12.9. The lowest BCUT2D eigenvalue weighted by Crippen LogP contribution is -2.27. The number of halogens is 2. The number of benzene rings is 1. The first-order valence-electron chi connectivity index (χ1n) is 5.64. The third-order valence-electron chi connectivity index (χ3n) is 2.32. The van der Waals surface area contributed by atoms with Gasteiger partial charge in [-0.05, 0) is 46.3 Å². The zero-order valence-electron chi connectivity index (χ0n) is 9.95. The van der Waals surface area contributed by atoms with Gasteiger partial charge in [-0.25, -0.2) is 4.39 Å². The summed E-state index contributed by atoms with van der Waals surface area (Å²) in [5.74, 6) is -0.560. The van der Waals surface area contributed by atoms with Crippen LogP contribution in [0.25, 0.3) is 0 Å². The highest BCUT2D eigenvalue weighted by molar-refractivity contribution is 9.11. The topological polar surface area (TPSA) is 41.1 Å². The van der Waals surface area contributed by atoms with E-state index in [2.05, 4.69) is 26.6 Å². The zero-order chi connectivity index (χ0) is 13.7. The minimum atomic E-state index is -0.366. The average Bonchev–Trinajstić information content (AvgIpc) is 2.75. The number of carbonyl (C=O) groups is 1. The quantitative estimate of drug-likeness (QED) is 0.874. The molecule has 1 heterocycles. The van der Waals surface area contributed by atoms with Gasteiger partial charge in [-0.15, -0.1) is 11.3 Å². The van der Waals surface area contributed by atoms with Crippen molar-refractivity contribution >= 4 is 38.9 Å². The largest absolute Gasteiger partial charge is 0.325 e. The lowest BCUT2D eigenvalue weighted by Gasteiger charge is -2.06. The second kappa shape index (κ2) is 6.79. The zero-order valence-corrected chi connectivity index (χ0v) is 12.4. The van der Waals surface area contributed by atoms with Crippen molar-refractivity contribution in [1.29, 1.82) is 0 Å². The number of hydrogen-bond donors (Lipinski definition) is 2. The molecular formula is C13H12BrFN2OS. The van der Waals surface area contributed by atoms with E-state index in [0.29, 0.717) is 12.2 Å². The smallest absolute Gasteiger partial charge is 0.238 e. The van der Waals surface area contributed by atoms with Crippen molar-refractivity contribution in [3.63, 3.8) is 0 Å². The minimum Gasteiger partial charge on any atom is -0.325 e. The van der Waals surface area contributed by atoms with Gasteiger partial charge in [-0.3, -0.25) is 4.79 Å². The van der Waals surface area contributed by atoms with Crippen LogP contribution in [-0.2, 0) is 11.3 Å². The maximum atomic E-state index is 12.9. The summed E-state index contributed by atoms with van der Waals surface area (Å²) in [6, 6.07) is 9.79. The van der Waals surface area contributed by atoms with Crippen LogP contribution in [-0.4, -0.2) is 12.5 Å². The Balaban J connectivity index is 1.76. The molecule has 0 aliphatic rings. The van der Waals surface area contributed by atoms with Gasteiger partial charge in [-0.2, -0.15) is 0 Å². The van der Waals surface area contributed by atoms with Gasteiger partial charge in [0.15, 0.2) is 0 Å². The molecule has 0 radical (unpaired) electrons. The molecule has 1 amide bonds. The molecule has 0 aliphatic carbocycles. The molecule has 2 N–H and O–H groups in total. The van der Waals surface area contributed by atoms with Crippen molar-refractivity contribution < 1.29 is 9.18 Å². The predicted octanol–water partition coefficient (Wildman–Crippen LogP) is 3.38. The number of nitrogens with one attached hydrogen (secondary N) is 2. The van der Waals surface area contributed by atoms with E-state index >= 15 is 0 Å². The molecule has 0 fully saturated rings. The van der Waals surface area contributed by atoms with E-state index < -0.39 is 0 Å². The molecule has 0 spiro atoms. The molecule has 6 heteroatoms. The van der Waals surface area contributed by atoms with E-state index in [-0.39, 0.29) is 18.3 Å². The molecular weight excluding hydrogens is 331 g/mol. The number of rotatable bonds is 5. The standard InChI is InChI=1S/C13H12BrFN2OS/c14-12-5-4-11(19-12)7-16-8-13(18)17-10-3-1-2-9(15)6-10/h1-6,16H,7-8H2,(H,17,18). The lowest BCUT2D eigenvalue weighted by molar-refractivity contribution is -0.115. The molecule has 100 valence electrons. The van der Waals surface area contributed by atoms with Crippen LogP contribution < -0.4 is 10.6 Å². The Hall–Kier alpha value is -1.24. The van der Waals surface area contributed by atoms with Crippen molar-refractivity contribution in [2.75, 3.05) is 11.9 Å². The fourth-order valence-corrected chi connectivity index (χ4v) is 2.97. The van der Waals surface area contributed by atoms with Crippen molar-refractivity contribution in [2.45, 2.75) is 6.54 Å². The Morgan fingerprint density at radius 3 is 2.84 bits per heavy atom. The minimum absolute atomic E-state index is 0.187. The lowest BCUT2D eigenvalue weighted by atomic mass is 10.3. The highest BCUT2D eigenvalue weighted by atomic mass is 79.9. The van der Waals surface area contributed by atoms with Crippen molar-refractivity contribution in [3.05, 3.63) is 50.9 Å².